The minimum Gasteiger partial charge on any atom is -0.259 e. The van der Waals surface area contributed by atoms with E-state index in [1.165, 1.54) is 10.5 Å². The highest BCUT2D eigenvalue weighted by molar-refractivity contribution is 7.97. The fourth-order valence-electron chi connectivity index (χ4n) is 1.50. The molecule has 2 heteroatoms. The van der Waals surface area contributed by atoms with Gasteiger partial charge in [0.15, 0.2) is 0 Å². The molecule has 0 radical (unpaired) electrons. The zero-order chi connectivity index (χ0) is 8.60. The van der Waals surface area contributed by atoms with Crippen molar-refractivity contribution in [1.29, 1.82) is 0 Å². The van der Waals surface area contributed by atoms with Crippen LogP contribution in [0.4, 0.5) is 0 Å². The number of rotatable bonds is 0. The van der Waals surface area contributed by atoms with E-state index in [2.05, 4.69) is 42.8 Å². The van der Waals surface area contributed by atoms with Gasteiger partial charge in [0.1, 0.15) is 0 Å². The van der Waals surface area contributed by atoms with Crippen LogP contribution < -0.4 is 4.72 Å². The van der Waals surface area contributed by atoms with Gasteiger partial charge in [0.05, 0.1) is 0 Å². The van der Waals surface area contributed by atoms with Crippen molar-refractivity contribution in [3.63, 3.8) is 0 Å². The van der Waals surface area contributed by atoms with E-state index in [4.69, 9.17) is 0 Å². The maximum atomic E-state index is 3.35. The van der Waals surface area contributed by atoms with E-state index < -0.39 is 0 Å². The molecular weight excluding hydrogens is 166 g/mol. The molecule has 1 aliphatic rings. The number of benzene rings is 1. The molecule has 0 aliphatic carbocycles. The lowest BCUT2D eigenvalue weighted by molar-refractivity contribution is 0.503. The Hall–Kier alpha value is -0.470. The molecule has 0 spiro atoms. The molecule has 0 fully saturated rings. The minimum absolute atomic E-state index is 0.280. The van der Waals surface area contributed by atoms with Crippen LogP contribution in [0.3, 0.4) is 0 Å². The molecule has 1 heterocycles. The quantitative estimate of drug-likeness (QED) is 0.614. The molecule has 2 rings (SSSR count). The first-order chi connectivity index (χ1) is 5.70. The zero-order valence-electron chi connectivity index (χ0n) is 7.42. The monoisotopic (exact) mass is 179 g/mol. The summed E-state index contributed by atoms with van der Waals surface area (Å²) in [6.45, 7) is 5.60. The number of hydrogen-bond donors (Lipinski definition) is 1. The fraction of sp³-hybridized carbons (Fsp3) is 0.400. The fourth-order valence-corrected chi connectivity index (χ4v) is 2.69. The van der Waals surface area contributed by atoms with Crippen LogP contribution in [0.1, 0.15) is 19.4 Å². The van der Waals surface area contributed by atoms with E-state index in [-0.39, 0.29) is 5.41 Å². The average molecular weight is 179 g/mol. The number of nitrogens with one attached hydrogen (secondary N) is 1. The second kappa shape index (κ2) is 2.79. The molecule has 0 unspecified atom stereocenters. The third-order valence-corrected chi connectivity index (χ3v) is 3.18. The Bertz CT molecular complexity index is 294. The van der Waals surface area contributed by atoms with Crippen LogP contribution in [-0.4, -0.2) is 6.54 Å². The van der Waals surface area contributed by atoms with Gasteiger partial charge in [-0.2, -0.15) is 0 Å². The summed E-state index contributed by atoms with van der Waals surface area (Å²) in [5.74, 6) is 0. The zero-order valence-corrected chi connectivity index (χ0v) is 8.24. The summed E-state index contributed by atoms with van der Waals surface area (Å²) in [5, 5.41) is 0. The van der Waals surface area contributed by atoms with Crippen molar-refractivity contribution in [2.45, 2.75) is 24.2 Å². The Labute approximate surface area is 77.7 Å². The normalized spacial score (nSPS) is 20.2. The van der Waals surface area contributed by atoms with Crippen molar-refractivity contribution in [3.05, 3.63) is 29.8 Å². The van der Waals surface area contributed by atoms with Crippen LogP contribution in [0.2, 0.25) is 0 Å². The summed E-state index contributed by atoms with van der Waals surface area (Å²) >= 11 is 1.74. The van der Waals surface area contributed by atoms with Crippen LogP contribution >= 0.6 is 11.9 Å². The first kappa shape index (κ1) is 8.14. The highest BCUT2D eigenvalue weighted by Crippen LogP contribution is 2.35. The summed E-state index contributed by atoms with van der Waals surface area (Å²) in [4.78, 5) is 1.37. The van der Waals surface area contributed by atoms with Crippen molar-refractivity contribution in [2.24, 2.45) is 0 Å². The van der Waals surface area contributed by atoms with Crippen LogP contribution in [0.25, 0.3) is 0 Å². The molecule has 64 valence electrons. The van der Waals surface area contributed by atoms with Gasteiger partial charge in [0.25, 0.3) is 0 Å². The van der Waals surface area contributed by atoms with E-state index in [0.717, 1.165) is 6.54 Å². The van der Waals surface area contributed by atoms with E-state index in [1.807, 2.05) is 0 Å². The highest BCUT2D eigenvalue weighted by Gasteiger charge is 2.26. The van der Waals surface area contributed by atoms with E-state index in [0.29, 0.717) is 0 Å². The Morgan fingerprint density at radius 2 is 2.08 bits per heavy atom. The second-order valence-electron chi connectivity index (χ2n) is 3.80. The molecule has 1 nitrogen and oxygen atoms in total. The molecule has 0 amide bonds. The molecule has 0 bridgehead atoms. The summed E-state index contributed by atoms with van der Waals surface area (Å²) in [6, 6.07) is 8.61. The SMILES string of the molecule is CC1(C)CNSc2ccccc21. The Balaban J connectivity index is 2.52. The van der Waals surface area contributed by atoms with Crippen LogP contribution in [0.5, 0.6) is 0 Å². The van der Waals surface area contributed by atoms with Gasteiger partial charge in [-0.3, -0.25) is 4.72 Å². The highest BCUT2D eigenvalue weighted by atomic mass is 32.2. The third-order valence-electron chi connectivity index (χ3n) is 2.31. The molecule has 0 saturated carbocycles. The molecule has 1 aromatic carbocycles. The van der Waals surface area contributed by atoms with Gasteiger partial charge in [-0.05, 0) is 23.6 Å². The summed E-state index contributed by atoms with van der Waals surface area (Å²) < 4.78 is 3.35. The maximum Gasteiger partial charge on any atom is 0.0266 e. The van der Waals surface area contributed by atoms with Crippen LogP contribution in [0, 0.1) is 0 Å². The summed E-state index contributed by atoms with van der Waals surface area (Å²) in [5.41, 5.74) is 1.75. The Kier molecular flexibility index (Phi) is 1.89. The molecular formula is C10H13NS. The molecule has 0 aromatic heterocycles. The van der Waals surface area contributed by atoms with E-state index in [1.54, 1.807) is 11.9 Å². The van der Waals surface area contributed by atoms with Gasteiger partial charge in [0.2, 0.25) is 0 Å². The lowest BCUT2D eigenvalue weighted by atomic mass is 9.85. The third kappa shape index (κ3) is 1.25. The first-order valence-corrected chi connectivity index (χ1v) is 5.01. The predicted molar refractivity (Wildman–Crippen MR) is 53.3 cm³/mol. The lowest BCUT2D eigenvalue weighted by Gasteiger charge is -2.32. The summed E-state index contributed by atoms with van der Waals surface area (Å²) in [7, 11) is 0. The molecule has 0 saturated heterocycles. The second-order valence-corrected chi connectivity index (χ2v) is 4.74. The molecule has 1 aliphatic heterocycles. The summed E-state index contributed by atoms with van der Waals surface area (Å²) in [6.07, 6.45) is 0. The number of fused-ring (bicyclic) bond motifs is 1. The van der Waals surface area contributed by atoms with Gasteiger partial charge in [-0.15, -0.1) is 0 Å². The van der Waals surface area contributed by atoms with Crippen molar-refractivity contribution < 1.29 is 0 Å². The largest absolute Gasteiger partial charge is 0.259 e. The molecule has 1 N–H and O–H groups in total. The van der Waals surface area contributed by atoms with Crippen LogP contribution in [-0.2, 0) is 5.41 Å². The average Bonchev–Trinajstić information content (AvgIpc) is 2.04. The van der Waals surface area contributed by atoms with Gasteiger partial charge in [-0.1, -0.05) is 32.0 Å². The first-order valence-electron chi connectivity index (χ1n) is 4.19. The topological polar surface area (TPSA) is 12.0 Å². The molecule has 1 aromatic rings. The van der Waals surface area contributed by atoms with Gasteiger partial charge in [0, 0.05) is 16.9 Å². The van der Waals surface area contributed by atoms with Crippen molar-refractivity contribution in [3.8, 4) is 0 Å². The smallest absolute Gasteiger partial charge is 0.0266 e. The minimum atomic E-state index is 0.280. The lowest BCUT2D eigenvalue weighted by Crippen LogP contribution is -2.33. The Morgan fingerprint density at radius 1 is 1.33 bits per heavy atom. The van der Waals surface area contributed by atoms with Gasteiger partial charge >= 0.3 is 0 Å². The van der Waals surface area contributed by atoms with Crippen molar-refractivity contribution >= 4 is 11.9 Å². The van der Waals surface area contributed by atoms with Crippen LogP contribution in [0.15, 0.2) is 29.2 Å². The van der Waals surface area contributed by atoms with Gasteiger partial charge in [-0.25, -0.2) is 0 Å². The van der Waals surface area contributed by atoms with Gasteiger partial charge < -0.3 is 0 Å². The van der Waals surface area contributed by atoms with Crippen molar-refractivity contribution in [2.75, 3.05) is 6.54 Å². The van der Waals surface area contributed by atoms with E-state index >= 15 is 0 Å². The molecule has 0 atom stereocenters. The molecule has 12 heavy (non-hydrogen) atoms. The Morgan fingerprint density at radius 3 is 2.83 bits per heavy atom. The maximum absolute atomic E-state index is 3.35. The standard InChI is InChI=1S/C10H13NS/c1-10(2)7-11-12-9-6-4-3-5-8(9)10/h3-6,11H,7H2,1-2H3. The predicted octanol–water partition coefficient (Wildman–Crippen LogP) is 2.57. The van der Waals surface area contributed by atoms with E-state index in [9.17, 15) is 0 Å². The van der Waals surface area contributed by atoms with Crippen molar-refractivity contribution in [1.82, 2.24) is 4.72 Å². The number of hydrogen-bond acceptors (Lipinski definition) is 2.